The number of hydrogen-bond donors (Lipinski definition) is 1. The van der Waals surface area contributed by atoms with E-state index in [-0.39, 0.29) is 11.4 Å². The third-order valence-corrected chi connectivity index (χ3v) is 3.80. The van der Waals surface area contributed by atoms with Gasteiger partial charge in [0.25, 0.3) is 0 Å². The Labute approximate surface area is 110 Å². The molecule has 1 aliphatic carbocycles. The van der Waals surface area contributed by atoms with Crippen molar-refractivity contribution < 1.29 is 9.53 Å². The molecule has 4 nitrogen and oxygen atoms in total. The normalized spacial score (nSPS) is 28.3. The van der Waals surface area contributed by atoms with E-state index in [9.17, 15) is 4.79 Å². The van der Waals surface area contributed by atoms with Gasteiger partial charge in [0, 0.05) is 25.0 Å². The topological polar surface area (TPSA) is 41.6 Å². The van der Waals surface area contributed by atoms with Gasteiger partial charge in [-0.25, -0.2) is 0 Å². The van der Waals surface area contributed by atoms with Crippen LogP contribution in [-0.4, -0.2) is 48.2 Å². The molecule has 0 aromatic carbocycles. The van der Waals surface area contributed by atoms with Crippen molar-refractivity contribution in [2.45, 2.75) is 64.1 Å². The Morgan fingerprint density at radius 2 is 2.17 bits per heavy atom. The smallest absolute Gasteiger partial charge is 0.224 e. The maximum atomic E-state index is 12.3. The number of fused-ring (bicyclic) bond motifs is 1. The van der Waals surface area contributed by atoms with Crippen LogP contribution in [0.25, 0.3) is 0 Å². The van der Waals surface area contributed by atoms with E-state index in [2.05, 4.69) is 31.0 Å². The molecule has 1 aliphatic heterocycles. The number of hydrogen-bond acceptors (Lipinski definition) is 3. The van der Waals surface area contributed by atoms with Crippen molar-refractivity contribution in [3.8, 4) is 0 Å². The molecule has 1 N–H and O–H groups in total. The molecule has 0 aromatic heterocycles. The highest BCUT2D eigenvalue weighted by molar-refractivity contribution is 5.77. The highest BCUT2D eigenvalue weighted by atomic mass is 16.5. The molecule has 2 unspecified atom stereocenters. The third kappa shape index (κ3) is 3.45. The lowest BCUT2D eigenvalue weighted by Gasteiger charge is -2.38. The molecule has 4 heteroatoms. The van der Waals surface area contributed by atoms with Gasteiger partial charge < -0.3 is 15.0 Å². The van der Waals surface area contributed by atoms with Gasteiger partial charge in [-0.2, -0.15) is 0 Å². The monoisotopic (exact) mass is 254 g/mol. The summed E-state index contributed by atoms with van der Waals surface area (Å²) >= 11 is 0. The zero-order valence-corrected chi connectivity index (χ0v) is 11.9. The summed E-state index contributed by atoms with van der Waals surface area (Å²) in [6.07, 6.45) is 4.33. The van der Waals surface area contributed by atoms with Crippen molar-refractivity contribution >= 4 is 5.91 Å². The predicted octanol–water partition coefficient (Wildman–Crippen LogP) is 1.54. The molecule has 0 radical (unpaired) electrons. The molecule has 1 saturated carbocycles. The highest BCUT2D eigenvalue weighted by Crippen LogP contribution is 2.29. The van der Waals surface area contributed by atoms with Gasteiger partial charge in [0.1, 0.15) is 0 Å². The molecule has 1 saturated heterocycles. The number of rotatable bonds is 3. The fraction of sp³-hybridized carbons (Fsp3) is 0.929. The molecule has 1 amide bonds. The molecule has 0 spiro atoms. The zero-order chi connectivity index (χ0) is 13.2. The van der Waals surface area contributed by atoms with Gasteiger partial charge in [-0.15, -0.1) is 0 Å². The van der Waals surface area contributed by atoms with Crippen molar-refractivity contribution in [1.29, 1.82) is 0 Å². The summed E-state index contributed by atoms with van der Waals surface area (Å²) in [5.74, 6) is 0.284. The molecule has 0 aromatic rings. The fourth-order valence-electron chi connectivity index (χ4n) is 2.92. The van der Waals surface area contributed by atoms with Crippen LogP contribution in [-0.2, 0) is 9.53 Å². The van der Waals surface area contributed by atoms with Crippen molar-refractivity contribution in [1.82, 2.24) is 10.2 Å². The Kier molecular flexibility index (Phi) is 4.28. The Morgan fingerprint density at radius 1 is 1.39 bits per heavy atom. The van der Waals surface area contributed by atoms with Crippen LogP contribution in [0.1, 0.15) is 46.5 Å². The summed E-state index contributed by atoms with van der Waals surface area (Å²) in [4.78, 5) is 14.3. The van der Waals surface area contributed by atoms with Gasteiger partial charge in [-0.1, -0.05) is 0 Å². The zero-order valence-electron chi connectivity index (χ0n) is 11.9. The van der Waals surface area contributed by atoms with Gasteiger partial charge in [-0.05, 0) is 40.0 Å². The minimum atomic E-state index is 0.0845. The summed E-state index contributed by atoms with van der Waals surface area (Å²) in [5, 5.41) is 3.37. The summed E-state index contributed by atoms with van der Waals surface area (Å²) in [6, 6.07) is 0.348. The van der Waals surface area contributed by atoms with E-state index >= 15 is 0 Å². The molecule has 2 rings (SSSR count). The van der Waals surface area contributed by atoms with E-state index in [1.54, 1.807) is 0 Å². The Bertz CT molecular complexity index is 299. The number of amides is 1. The van der Waals surface area contributed by atoms with E-state index in [1.807, 2.05) is 0 Å². The van der Waals surface area contributed by atoms with E-state index in [4.69, 9.17) is 4.74 Å². The molecule has 104 valence electrons. The van der Waals surface area contributed by atoms with Gasteiger partial charge in [0.2, 0.25) is 5.91 Å². The van der Waals surface area contributed by atoms with E-state index in [0.717, 1.165) is 25.9 Å². The first-order valence-corrected chi connectivity index (χ1v) is 7.13. The van der Waals surface area contributed by atoms with Crippen LogP contribution in [0.15, 0.2) is 0 Å². The van der Waals surface area contributed by atoms with Crippen molar-refractivity contribution in [3.63, 3.8) is 0 Å². The SMILES string of the molecule is CC(C)(C)NCCC(=O)N1CCOC2CCCC21. The standard InChI is InChI=1S/C14H26N2O2/c1-14(2,3)15-8-7-13(17)16-9-10-18-12-6-4-5-11(12)16/h11-12,15H,4-10H2,1-3H3. The largest absolute Gasteiger partial charge is 0.374 e. The molecule has 1 heterocycles. The van der Waals surface area contributed by atoms with Gasteiger partial charge in [0.15, 0.2) is 0 Å². The van der Waals surface area contributed by atoms with Gasteiger partial charge >= 0.3 is 0 Å². The van der Waals surface area contributed by atoms with Gasteiger partial charge in [-0.3, -0.25) is 4.79 Å². The second-order valence-corrected chi connectivity index (χ2v) is 6.42. The third-order valence-electron chi connectivity index (χ3n) is 3.80. The first kappa shape index (κ1) is 13.8. The fourth-order valence-corrected chi connectivity index (χ4v) is 2.92. The molecule has 2 fully saturated rings. The number of ether oxygens (including phenoxy) is 1. The minimum Gasteiger partial charge on any atom is -0.374 e. The van der Waals surface area contributed by atoms with Crippen LogP contribution < -0.4 is 5.32 Å². The number of morpholine rings is 1. The second-order valence-electron chi connectivity index (χ2n) is 6.42. The first-order chi connectivity index (χ1) is 8.47. The summed E-state index contributed by atoms with van der Waals surface area (Å²) in [6.45, 7) is 8.61. The Balaban J connectivity index is 1.81. The minimum absolute atomic E-state index is 0.0845. The maximum absolute atomic E-state index is 12.3. The summed E-state index contributed by atoms with van der Waals surface area (Å²) in [7, 11) is 0. The van der Waals surface area contributed by atoms with Crippen molar-refractivity contribution in [2.75, 3.05) is 19.7 Å². The maximum Gasteiger partial charge on any atom is 0.224 e. The van der Waals surface area contributed by atoms with Crippen LogP contribution in [0, 0.1) is 0 Å². The number of carbonyl (C=O) groups is 1. The molecular formula is C14H26N2O2. The average molecular weight is 254 g/mol. The molecule has 2 atom stereocenters. The predicted molar refractivity (Wildman–Crippen MR) is 71.5 cm³/mol. The summed E-state index contributed by atoms with van der Waals surface area (Å²) < 4.78 is 5.73. The van der Waals surface area contributed by atoms with Crippen LogP contribution in [0.2, 0.25) is 0 Å². The molecule has 0 bridgehead atoms. The van der Waals surface area contributed by atoms with Crippen molar-refractivity contribution in [3.05, 3.63) is 0 Å². The van der Waals surface area contributed by atoms with Crippen LogP contribution in [0.3, 0.4) is 0 Å². The Morgan fingerprint density at radius 3 is 2.89 bits per heavy atom. The van der Waals surface area contributed by atoms with E-state index in [1.165, 1.54) is 6.42 Å². The average Bonchev–Trinajstić information content (AvgIpc) is 2.74. The molecule has 2 aliphatic rings. The molecule has 18 heavy (non-hydrogen) atoms. The van der Waals surface area contributed by atoms with Gasteiger partial charge in [0.05, 0.1) is 18.8 Å². The Hall–Kier alpha value is -0.610. The van der Waals surface area contributed by atoms with Crippen LogP contribution in [0.5, 0.6) is 0 Å². The summed E-state index contributed by atoms with van der Waals surface area (Å²) in [5.41, 5.74) is 0.0845. The number of carbonyl (C=O) groups excluding carboxylic acids is 1. The lowest BCUT2D eigenvalue weighted by Crippen LogP contribution is -2.52. The van der Waals surface area contributed by atoms with Crippen molar-refractivity contribution in [2.24, 2.45) is 0 Å². The number of nitrogens with one attached hydrogen (secondary N) is 1. The molecular weight excluding hydrogens is 228 g/mol. The van der Waals surface area contributed by atoms with Crippen LogP contribution in [0.4, 0.5) is 0 Å². The first-order valence-electron chi connectivity index (χ1n) is 7.13. The van der Waals surface area contributed by atoms with E-state index < -0.39 is 0 Å². The van der Waals surface area contributed by atoms with Crippen LogP contribution >= 0.6 is 0 Å². The highest BCUT2D eigenvalue weighted by Gasteiger charge is 2.37. The lowest BCUT2D eigenvalue weighted by molar-refractivity contribution is -0.143. The number of nitrogens with zero attached hydrogens (tertiary/aromatic N) is 1. The lowest BCUT2D eigenvalue weighted by atomic mass is 10.1. The second kappa shape index (κ2) is 5.57. The van der Waals surface area contributed by atoms with E-state index in [0.29, 0.717) is 25.2 Å². The quantitative estimate of drug-likeness (QED) is 0.831.